The first-order valence-electron chi connectivity index (χ1n) is 9.17. The first-order valence-corrected chi connectivity index (χ1v) is 9.17. The van der Waals surface area contributed by atoms with E-state index in [4.69, 9.17) is 19.9 Å². The molecule has 0 saturated heterocycles. The molecule has 3 aromatic carbocycles. The Morgan fingerprint density at radius 1 is 0.774 bits per heavy atom. The van der Waals surface area contributed by atoms with E-state index in [0.29, 0.717) is 33.8 Å². The van der Waals surface area contributed by atoms with E-state index in [2.05, 4.69) is 6.07 Å². The predicted octanol–water partition coefficient (Wildman–Crippen LogP) is 4.15. The summed E-state index contributed by atoms with van der Waals surface area (Å²) in [5.41, 5.74) is 8.13. The Morgan fingerprint density at radius 3 is 1.61 bits per heavy atom. The van der Waals surface area contributed by atoms with Crippen molar-refractivity contribution in [3.63, 3.8) is 0 Å². The van der Waals surface area contributed by atoms with Crippen LogP contribution < -0.4 is 15.2 Å². The van der Waals surface area contributed by atoms with Gasteiger partial charge in [0.2, 0.25) is 0 Å². The van der Waals surface area contributed by atoms with E-state index in [1.54, 1.807) is 62.8 Å². The van der Waals surface area contributed by atoms with Crippen LogP contribution >= 0.6 is 0 Å². The summed E-state index contributed by atoms with van der Waals surface area (Å²) < 4.78 is 15.4. The summed E-state index contributed by atoms with van der Waals surface area (Å²) in [5, 5.41) is 19.7. The molecule has 0 radical (unpaired) electrons. The maximum absolute atomic E-state index is 12.8. The van der Waals surface area contributed by atoms with Gasteiger partial charge in [-0.2, -0.15) is 10.5 Å². The maximum atomic E-state index is 12.8. The van der Waals surface area contributed by atoms with Crippen LogP contribution in [-0.2, 0) is 4.74 Å². The second-order valence-electron chi connectivity index (χ2n) is 6.46. The van der Waals surface area contributed by atoms with Gasteiger partial charge in [-0.3, -0.25) is 0 Å². The van der Waals surface area contributed by atoms with E-state index in [9.17, 15) is 15.3 Å². The van der Waals surface area contributed by atoms with E-state index in [1.807, 2.05) is 6.07 Å². The number of nitrogens with zero attached hydrogens (tertiary/aromatic N) is 2. The van der Waals surface area contributed by atoms with Gasteiger partial charge in [0.15, 0.2) is 0 Å². The normalized spacial score (nSPS) is 9.97. The predicted molar refractivity (Wildman–Crippen MR) is 116 cm³/mol. The third kappa shape index (κ3) is 3.73. The number of carbonyl (C=O) groups is 1. The van der Waals surface area contributed by atoms with Gasteiger partial charge in [-0.25, -0.2) is 4.79 Å². The molecule has 0 aliphatic rings. The Morgan fingerprint density at radius 2 is 1.23 bits per heavy atom. The molecule has 3 rings (SSSR count). The number of carbonyl (C=O) groups excluding carboxylic acids is 1. The van der Waals surface area contributed by atoms with Crippen molar-refractivity contribution in [3.8, 4) is 45.9 Å². The van der Waals surface area contributed by atoms with Crippen LogP contribution in [-0.4, -0.2) is 27.3 Å². The minimum atomic E-state index is -0.728. The first-order chi connectivity index (χ1) is 15.0. The Labute approximate surface area is 179 Å². The largest absolute Gasteiger partial charge is 0.497 e. The van der Waals surface area contributed by atoms with Gasteiger partial charge in [-0.15, -0.1) is 0 Å². The first kappa shape index (κ1) is 21.2. The SMILES string of the molecule is COC(=O)c1c(C#N)c(N)c(C#N)c(-c2ccc(OC)cc2)c1-c1ccc(OC)cc1. The molecule has 0 amide bonds. The number of hydrogen-bond donors (Lipinski definition) is 1. The van der Waals surface area contributed by atoms with Crippen LogP contribution in [0, 0.1) is 22.7 Å². The molecule has 0 unspecified atom stereocenters. The third-order valence-corrected chi connectivity index (χ3v) is 4.91. The lowest BCUT2D eigenvalue weighted by Gasteiger charge is -2.20. The molecule has 0 atom stereocenters. The summed E-state index contributed by atoms with van der Waals surface area (Å²) >= 11 is 0. The molecule has 0 aliphatic carbocycles. The van der Waals surface area contributed by atoms with Crippen LogP contribution in [0.1, 0.15) is 21.5 Å². The molecule has 7 heteroatoms. The number of rotatable bonds is 5. The summed E-state index contributed by atoms with van der Waals surface area (Å²) in [7, 11) is 4.32. The molecule has 3 aromatic rings. The van der Waals surface area contributed by atoms with Crippen molar-refractivity contribution < 1.29 is 19.0 Å². The van der Waals surface area contributed by atoms with E-state index in [1.165, 1.54) is 7.11 Å². The molecular weight excluding hydrogens is 394 g/mol. The summed E-state index contributed by atoms with van der Waals surface area (Å²) in [6.07, 6.45) is 0. The molecule has 0 aliphatic heterocycles. The van der Waals surface area contributed by atoms with Crippen LogP contribution in [0.25, 0.3) is 22.3 Å². The Hall–Kier alpha value is -4.49. The van der Waals surface area contributed by atoms with Gasteiger partial charge in [0.05, 0.1) is 43.7 Å². The molecular formula is C24H19N3O4. The zero-order valence-corrected chi connectivity index (χ0v) is 17.2. The number of nitriles is 2. The third-order valence-electron chi connectivity index (χ3n) is 4.91. The second-order valence-corrected chi connectivity index (χ2v) is 6.46. The number of anilines is 1. The molecule has 31 heavy (non-hydrogen) atoms. The van der Waals surface area contributed by atoms with Gasteiger partial charge in [0, 0.05) is 11.1 Å². The van der Waals surface area contributed by atoms with Crippen LogP contribution in [0.4, 0.5) is 5.69 Å². The molecule has 0 spiro atoms. The fourth-order valence-electron chi connectivity index (χ4n) is 3.40. The van der Waals surface area contributed by atoms with Crippen LogP contribution in [0.15, 0.2) is 48.5 Å². The minimum Gasteiger partial charge on any atom is -0.497 e. The monoisotopic (exact) mass is 413 g/mol. The Bertz CT molecular complexity index is 1220. The van der Waals surface area contributed by atoms with Gasteiger partial charge in [0.1, 0.15) is 23.6 Å². The molecule has 0 aromatic heterocycles. The maximum Gasteiger partial charge on any atom is 0.339 e. The standard InChI is InChI=1S/C24H19N3O4/c1-29-16-8-4-14(5-9-16)20-18(12-25)23(27)19(13-26)22(24(28)31-3)21(20)15-6-10-17(30-2)11-7-15/h4-11H,27H2,1-3H3. The van der Waals surface area contributed by atoms with Crippen LogP contribution in [0.5, 0.6) is 11.5 Å². The molecule has 7 nitrogen and oxygen atoms in total. The van der Waals surface area contributed by atoms with E-state index < -0.39 is 5.97 Å². The summed E-state index contributed by atoms with van der Waals surface area (Å²) in [6.45, 7) is 0. The van der Waals surface area contributed by atoms with Gasteiger partial charge in [-0.1, -0.05) is 24.3 Å². The highest BCUT2D eigenvalue weighted by atomic mass is 16.5. The van der Waals surface area contributed by atoms with Crippen molar-refractivity contribution in [2.24, 2.45) is 0 Å². The van der Waals surface area contributed by atoms with Gasteiger partial charge in [-0.05, 0) is 35.4 Å². The Kier molecular flexibility index (Phi) is 6.09. The number of ether oxygens (including phenoxy) is 3. The zero-order valence-electron chi connectivity index (χ0n) is 17.2. The van der Waals surface area contributed by atoms with Crippen molar-refractivity contribution in [2.75, 3.05) is 27.1 Å². The summed E-state index contributed by atoms with van der Waals surface area (Å²) in [5.74, 6) is 0.516. The van der Waals surface area contributed by atoms with Crippen LogP contribution in [0.2, 0.25) is 0 Å². The summed E-state index contributed by atoms with van der Waals surface area (Å²) in [6, 6.07) is 18.0. The number of esters is 1. The molecule has 0 bridgehead atoms. The fourth-order valence-corrected chi connectivity index (χ4v) is 3.40. The quantitative estimate of drug-likeness (QED) is 0.493. The number of nitrogens with two attached hydrogens (primary N) is 1. The van der Waals surface area contributed by atoms with Crippen LogP contribution in [0.3, 0.4) is 0 Å². The number of hydrogen-bond acceptors (Lipinski definition) is 7. The highest BCUT2D eigenvalue weighted by Gasteiger charge is 2.29. The van der Waals surface area contributed by atoms with E-state index in [-0.39, 0.29) is 22.4 Å². The van der Waals surface area contributed by atoms with Crippen molar-refractivity contribution in [1.29, 1.82) is 10.5 Å². The zero-order chi connectivity index (χ0) is 22.5. The number of methoxy groups -OCH3 is 3. The topological polar surface area (TPSA) is 118 Å². The van der Waals surface area contributed by atoms with Crippen molar-refractivity contribution in [1.82, 2.24) is 0 Å². The van der Waals surface area contributed by atoms with E-state index >= 15 is 0 Å². The lowest BCUT2D eigenvalue weighted by Crippen LogP contribution is -2.12. The van der Waals surface area contributed by atoms with Gasteiger partial charge in [0.25, 0.3) is 0 Å². The molecule has 0 fully saturated rings. The minimum absolute atomic E-state index is 0.00233. The Balaban J connectivity index is 2.52. The van der Waals surface area contributed by atoms with Gasteiger partial charge < -0.3 is 19.9 Å². The highest BCUT2D eigenvalue weighted by molar-refractivity contribution is 6.08. The lowest BCUT2D eigenvalue weighted by molar-refractivity contribution is 0.0601. The molecule has 154 valence electrons. The van der Waals surface area contributed by atoms with Crippen molar-refractivity contribution in [2.45, 2.75) is 0 Å². The highest BCUT2D eigenvalue weighted by Crippen LogP contribution is 2.43. The molecule has 0 heterocycles. The second kappa shape index (κ2) is 8.89. The average Bonchev–Trinajstić information content (AvgIpc) is 2.82. The van der Waals surface area contributed by atoms with Crippen molar-refractivity contribution in [3.05, 3.63) is 65.2 Å². The average molecular weight is 413 g/mol. The fraction of sp³-hybridized carbons (Fsp3) is 0.125. The number of benzene rings is 3. The number of nitrogen functional groups attached to an aromatic ring is 1. The summed E-state index contributed by atoms with van der Waals surface area (Å²) in [4.78, 5) is 12.8. The lowest BCUT2D eigenvalue weighted by atomic mass is 9.83. The van der Waals surface area contributed by atoms with E-state index in [0.717, 1.165) is 0 Å². The van der Waals surface area contributed by atoms with Crippen molar-refractivity contribution >= 4 is 11.7 Å². The van der Waals surface area contributed by atoms with Gasteiger partial charge >= 0.3 is 5.97 Å². The molecule has 0 saturated carbocycles. The molecule has 2 N–H and O–H groups in total. The smallest absolute Gasteiger partial charge is 0.339 e.